The first kappa shape index (κ1) is 11.3. The molecule has 2 rings (SSSR count). The van der Waals surface area contributed by atoms with Crippen LogP contribution in [-0.2, 0) is 5.75 Å². The number of hydrogen-bond donors (Lipinski definition) is 1. The summed E-state index contributed by atoms with van der Waals surface area (Å²) in [6.45, 7) is 0. The van der Waals surface area contributed by atoms with Crippen LogP contribution in [0.2, 0.25) is 5.15 Å². The Balaban J connectivity index is 1.99. The average molecular weight is 252 g/mol. The molecule has 0 amide bonds. The number of hydrogen-bond acceptors (Lipinski definition) is 3. The lowest BCUT2D eigenvalue weighted by atomic mass is 10.3. The van der Waals surface area contributed by atoms with E-state index in [1.807, 2.05) is 24.3 Å². The number of phenols is 1. The second-order valence-electron chi connectivity index (χ2n) is 3.27. The number of aromatic hydroxyl groups is 1. The summed E-state index contributed by atoms with van der Waals surface area (Å²) in [4.78, 5) is 5.05. The van der Waals surface area contributed by atoms with Crippen LogP contribution in [-0.4, -0.2) is 10.1 Å². The summed E-state index contributed by atoms with van der Waals surface area (Å²) in [7, 11) is 0. The molecule has 0 spiro atoms. The summed E-state index contributed by atoms with van der Waals surface area (Å²) < 4.78 is 0. The molecule has 0 aliphatic carbocycles. The van der Waals surface area contributed by atoms with Gasteiger partial charge in [-0.2, -0.15) is 0 Å². The van der Waals surface area contributed by atoms with Crippen LogP contribution in [0.25, 0.3) is 0 Å². The Kier molecular flexibility index (Phi) is 3.70. The standard InChI is InChI=1S/C12H10ClNOS/c13-12-7-9(5-6-14-12)8-16-11-3-1-10(15)2-4-11/h1-7,15H,8H2. The number of aromatic nitrogens is 1. The predicted octanol–water partition coefficient (Wildman–Crippen LogP) is 3.73. The fourth-order valence-corrected chi connectivity index (χ4v) is 2.28. The molecule has 0 saturated carbocycles. The molecule has 2 nitrogen and oxygen atoms in total. The van der Waals surface area contributed by atoms with E-state index >= 15 is 0 Å². The summed E-state index contributed by atoms with van der Waals surface area (Å²) in [6.07, 6.45) is 1.70. The van der Waals surface area contributed by atoms with E-state index in [0.29, 0.717) is 5.15 Å². The third-order valence-corrected chi connectivity index (χ3v) is 3.32. The van der Waals surface area contributed by atoms with E-state index in [1.54, 1.807) is 30.1 Å². The van der Waals surface area contributed by atoms with Gasteiger partial charge in [-0.15, -0.1) is 11.8 Å². The van der Waals surface area contributed by atoms with E-state index in [4.69, 9.17) is 16.7 Å². The molecular weight excluding hydrogens is 242 g/mol. The highest BCUT2D eigenvalue weighted by molar-refractivity contribution is 7.98. The van der Waals surface area contributed by atoms with E-state index in [1.165, 1.54) is 0 Å². The highest BCUT2D eigenvalue weighted by Gasteiger charge is 1.98. The highest BCUT2D eigenvalue weighted by Crippen LogP contribution is 2.24. The first-order valence-electron chi connectivity index (χ1n) is 4.76. The molecule has 0 atom stereocenters. The lowest BCUT2D eigenvalue weighted by Crippen LogP contribution is -1.82. The molecule has 1 heterocycles. The minimum Gasteiger partial charge on any atom is -0.508 e. The maximum absolute atomic E-state index is 9.14. The maximum Gasteiger partial charge on any atom is 0.129 e. The molecule has 0 radical (unpaired) electrons. The molecule has 0 bridgehead atoms. The zero-order chi connectivity index (χ0) is 11.4. The van der Waals surface area contributed by atoms with Crippen molar-refractivity contribution in [2.24, 2.45) is 0 Å². The quantitative estimate of drug-likeness (QED) is 0.667. The average Bonchev–Trinajstić information content (AvgIpc) is 2.28. The Morgan fingerprint density at radius 1 is 1.19 bits per heavy atom. The Hall–Kier alpha value is -1.19. The van der Waals surface area contributed by atoms with Gasteiger partial charge in [-0.1, -0.05) is 11.6 Å². The van der Waals surface area contributed by atoms with E-state index in [9.17, 15) is 0 Å². The van der Waals surface area contributed by atoms with Crippen LogP contribution in [0.1, 0.15) is 5.56 Å². The normalized spacial score (nSPS) is 10.3. The topological polar surface area (TPSA) is 33.1 Å². The van der Waals surface area contributed by atoms with Gasteiger partial charge in [0, 0.05) is 16.8 Å². The number of pyridine rings is 1. The van der Waals surface area contributed by atoms with Gasteiger partial charge in [-0.3, -0.25) is 0 Å². The molecule has 0 saturated heterocycles. The molecule has 0 unspecified atom stereocenters. The third kappa shape index (κ3) is 3.15. The van der Waals surface area contributed by atoms with E-state index < -0.39 is 0 Å². The summed E-state index contributed by atoms with van der Waals surface area (Å²) >= 11 is 7.49. The molecule has 0 fully saturated rings. The van der Waals surface area contributed by atoms with Crippen molar-refractivity contribution in [1.82, 2.24) is 4.98 Å². The number of phenolic OH excluding ortho intramolecular Hbond substituents is 1. The van der Waals surface area contributed by atoms with Gasteiger partial charge in [0.15, 0.2) is 0 Å². The van der Waals surface area contributed by atoms with Crippen LogP contribution in [0, 0.1) is 0 Å². The lowest BCUT2D eigenvalue weighted by Gasteiger charge is -2.02. The zero-order valence-corrected chi connectivity index (χ0v) is 10.0. The number of benzene rings is 1. The Bertz CT molecular complexity index is 473. The van der Waals surface area contributed by atoms with E-state index in [-0.39, 0.29) is 5.75 Å². The first-order chi connectivity index (χ1) is 7.74. The molecule has 2 aromatic rings. The van der Waals surface area contributed by atoms with E-state index in [0.717, 1.165) is 16.2 Å². The van der Waals surface area contributed by atoms with Crippen molar-refractivity contribution < 1.29 is 5.11 Å². The summed E-state index contributed by atoms with van der Waals surface area (Å²) in [5, 5.41) is 9.66. The van der Waals surface area contributed by atoms with Crippen LogP contribution in [0.3, 0.4) is 0 Å². The van der Waals surface area contributed by atoms with Gasteiger partial charge in [-0.25, -0.2) is 4.98 Å². The van der Waals surface area contributed by atoms with Gasteiger partial charge in [0.25, 0.3) is 0 Å². The lowest BCUT2D eigenvalue weighted by molar-refractivity contribution is 0.475. The molecule has 16 heavy (non-hydrogen) atoms. The van der Waals surface area contributed by atoms with Crippen molar-refractivity contribution in [3.05, 3.63) is 53.3 Å². The van der Waals surface area contributed by atoms with Crippen LogP contribution in [0.4, 0.5) is 0 Å². The molecule has 0 aliphatic rings. The van der Waals surface area contributed by atoms with Crippen molar-refractivity contribution in [2.45, 2.75) is 10.6 Å². The van der Waals surface area contributed by atoms with Crippen molar-refractivity contribution in [2.75, 3.05) is 0 Å². The maximum atomic E-state index is 9.14. The van der Waals surface area contributed by atoms with Crippen LogP contribution < -0.4 is 0 Å². The summed E-state index contributed by atoms with van der Waals surface area (Å²) in [5.41, 5.74) is 1.14. The van der Waals surface area contributed by atoms with Crippen molar-refractivity contribution in [1.29, 1.82) is 0 Å². The fraction of sp³-hybridized carbons (Fsp3) is 0.0833. The molecular formula is C12H10ClNOS. The van der Waals surface area contributed by atoms with Crippen molar-refractivity contribution in [3.8, 4) is 5.75 Å². The van der Waals surface area contributed by atoms with E-state index in [2.05, 4.69) is 4.98 Å². The Morgan fingerprint density at radius 3 is 2.62 bits per heavy atom. The largest absolute Gasteiger partial charge is 0.508 e. The predicted molar refractivity (Wildman–Crippen MR) is 66.9 cm³/mol. The van der Waals surface area contributed by atoms with Gasteiger partial charge in [-0.05, 0) is 42.0 Å². The zero-order valence-electron chi connectivity index (χ0n) is 8.43. The van der Waals surface area contributed by atoms with Gasteiger partial charge in [0.2, 0.25) is 0 Å². The molecule has 1 aromatic carbocycles. The van der Waals surface area contributed by atoms with Crippen LogP contribution in [0.15, 0.2) is 47.5 Å². The second-order valence-corrected chi connectivity index (χ2v) is 4.71. The monoisotopic (exact) mass is 251 g/mol. The molecule has 0 aliphatic heterocycles. The number of rotatable bonds is 3. The minimum atomic E-state index is 0.288. The third-order valence-electron chi connectivity index (χ3n) is 2.03. The highest BCUT2D eigenvalue weighted by atomic mass is 35.5. The summed E-state index contributed by atoms with van der Waals surface area (Å²) in [6, 6.07) is 10.9. The first-order valence-corrected chi connectivity index (χ1v) is 6.13. The van der Waals surface area contributed by atoms with Crippen LogP contribution >= 0.6 is 23.4 Å². The second kappa shape index (κ2) is 5.23. The summed E-state index contributed by atoms with van der Waals surface area (Å²) in [5.74, 6) is 1.13. The fourth-order valence-electron chi connectivity index (χ4n) is 1.24. The number of halogens is 1. The molecule has 1 aromatic heterocycles. The van der Waals surface area contributed by atoms with Gasteiger partial charge >= 0.3 is 0 Å². The molecule has 4 heteroatoms. The minimum absolute atomic E-state index is 0.288. The number of nitrogens with zero attached hydrogens (tertiary/aromatic N) is 1. The Labute approximate surface area is 103 Å². The molecule has 82 valence electrons. The van der Waals surface area contributed by atoms with Crippen LogP contribution in [0.5, 0.6) is 5.75 Å². The van der Waals surface area contributed by atoms with Crippen molar-refractivity contribution in [3.63, 3.8) is 0 Å². The smallest absolute Gasteiger partial charge is 0.129 e. The van der Waals surface area contributed by atoms with Gasteiger partial charge < -0.3 is 5.11 Å². The van der Waals surface area contributed by atoms with Crippen molar-refractivity contribution >= 4 is 23.4 Å². The Morgan fingerprint density at radius 2 is 1.94 bits per heavy atom. The van der Waals surface area contributed by atoms with Gasteiger partial charge in [0.05, 0.1) is 0 Å². The number of thioether (sulfide) groups is 1. The van der Waals surface area contributed by atoms with Gasteiger partial charge in [0.1, 0.15) is 10.9 Å². The molecule has 1 N–H and O–H groups in total. The SMILES string of the molecule is Oc1ccc(SCc2ccnc(Cl)c2)cc1.